The number of fused-ring (bicyclic) bond motifs is 5. The van der Waals surface area contributed by atoms with Crippen LogP contribution in [0.5, 0.6) is 0 Å². The van der Waals surface area contributed by atoms with Crippen molar-refractivity contribution in [2.45, 2.75) is 64.9 Å². The molecular weight excluding hydrogens is 316 g/mol. The molecule has 4 aliphatic rings. The standard InChI is InChI=1S/C21H30O4/c1-20-8-7-13(23)9-12(20)3-4-14-15-5-6-16(18(25)11-22)21(15,2)10-17(24)19(14)20/h9,14-17,19,22,24H,3-8,10-11H2,1-2H3/t14-,15-,16+,17-,19-,20-,21-/m0/s1. The molecule has 0 unspecified atom stereocenters. The third-order valence-electron chi connectivity index (χ3n) is 8.44. The second-order valence-electron chi connectivity index (χ2n) is 9.42. The Morgan fingerprint density at radius 3 is 2.72 bits per heavy atom. The van der Waals surface area contributed by atoms with Crippen molar-refractivity contribution in [2.24, 2.45) is 34.5 Å². The summed E-state index contributed by atoms with van der Waals surface area (Å²) in [4.78, 5) is 24.2. The molecule has 0 bridgehead atoms. The Kier molecular flexibility index (Phi) is 4.01. The number of hydrogen-bond acceptors (Lipinski definition) is 4. The first-order valence-electron chi connectivity index (χ1n) is 9.87. The Bertz CT molecular complexity index is 638. The molecule has 4 heteroatoms. The molecule has 0 amide bonds. The SMILES string of the molecule is C[C@]12C[C@H](O)[C@@H]3[C@@H](CCC4=CC(=O)CC[C@@]43C)[C@@H]1CC[C@@H]2C(=O)CO. The van der Waals surface area contributed by atoms with Crippen LogP contribution in [-0.2, 0) is 9.59 Å². The Labute approximate surface area is 149 Å². The summed E-state index contributed by atoms with van der Waals surface area (Å²) in [6.45, 7) is 4.03. The van der Waals surface area contributed by atoms with E-state index in [2.05, 4.69) is 13.8 Å². The van der Waals surface area contributed by atoms with Crippen LogP contribution in [0.4, 0.5) is 0 Å². The maximum atomic E-state index is 12.3. The number of rotatable bonds is 2. The molecule has 0 aromatic rings. The van der Waals surface area contributed by atoms with E-state index < -0.39 is 6.10 Å². The van der Waals surface area contributed by atoms with E-state index in [-0.39, 0.29) is 40.8 Å². The molecule has 7 atom stereocenters. The van der Waals surface area contributed by atoms with E-state index >= 15 is 0 Å². The lowest BCUT2D eigenvalue weighted by Gasteiger charge is -2.59. The molecular formula is C21H30O4. The molecule has 4 rings (SSSR count). The predicted molar refractivity (Wildman–Crippen MR) is 93.7 cm³/mol. The van der Waals surface area contributed by atoms with Gasteiger partial charge >= 0.3 is 0 Å². The summed E-state index contributed by atoms with van der Waals surface area (Å²) in [6, 6.07) is 0. The second-order valence-corrected chi connectivity index (χ2v) is 9.42. The fourth-order valence-electron chi connectivity index (χ4n) is 7.33. The summed E-state index contributed by atoms with van der Waals surface area (Å²) in [6.07, 6.45) is 7.32. The minimum absolute atomic E-state index is 0.0541. The lowest BCUT2D eigenvalue weighted by molar-refractivity contribution is -0.146. The number of Topliss-reactive ketones (excluding diaryl/α,β-unsaturated/α-hetero) is 1. The first-order chi connectivity index (χ1) is 11.8. The molecule has 3 fully saturated rings. The molecule has 4 nitrogen and oxygen atoms in total. The van der Waals surface area contributed by atoms with Crippen molar-refractivity contribution in [3.8, 4) is 0 Å². The number of hydrogen-bond donors (Lipinski definition) is 2. The molecule has 0 aromatic carbocycles. The number of aliphatic hydroxyl groups is 2. The lowest BCUT2D eigenvalue weighted by atomic mass is 9.46. The zero-order valence-electron chi connectivity index (χ0n) is 15.3. The van der Waals surface area contributed by atoms with Crippen molar-refractivity contribution in [1.29, 1.82) is 0 Å². The summed E-state index contributed by atoms with van der Waals surface area (Å²) in [5, 5.41) is 20.5. The molecule has 0 spiro atoms. The summed E-state index contributed by atoms with van der Waals surface area (Å²) in [5.74, 6) is 1.12. The maximum Gasteiger partial charge on any atom is 0.161 e. The van der Waals surface area contributed by atoms with Gasteiger partial charge in [-0.15, -0.1) is 0 Å². The van der Waals surface area contributed by atoms with Gasteiger partial charge in [0.2, 0.25) is 0 Å². The van der Waals surface area contributed by atoms with Crippen LogP contribution in [0.1, 0.15) is 58.8 Å². The van der Waals surface area contributed by atoms with E-state index in [1.54, 1.807) is 0 Å². The van der Waals surface area contributed by atoms with Crippen LogP contribution in [0.15, 0.2) is 11.6 Å². The molecule has 0 heterocycles. The van der Waals surface area contributed by atoms with Crippen LogP contribution in [0.2, 0.25) is 0 Å². The molecule has 0 radical (unpaired) electrons. The van der Waals surface area contributed by atoms with E-state index in [1.807, 2.05) is 6.08 Å². The number of allylic oxidation sites excluding steroid dienone is 1. The second kappa shape index (κ2) is 5.75. The van der Waals surface area contributed by atoms with Crippen LogP contribution in [0.3, 0.4) is 0 Å². The summed E-state index contributed by atoms with van der Waals surface area (Å²) in [7, 11) is 0. The van der Waals surface area contributed by atoms with Gasteiger partial charge in [0.1, 0.15) is 6.61 Å². The van der Waals surface area contributed by atoms with Crippen molar-refractivity contribution in [3.05, 3.63) is 11.6 Å². The molecule has 3 saturated carbocycles. The first kappa shape index (κ1) is 17.4. The Balaban J connectivity index is 1.70. The van der Waals surface area contributed by atoms with Gasteiger partial charge in [0, 0.05) is 12.3 Å². The largest absolute Gasteiger partial charge is 0.393 e. The average Bonchev–Trinajstić information content (AvgIpc) is 2.91. The molecule has 25 heavy (non-hydrogen) atoms. The summed E-state index contributed by atoms with van der Waals surface area (Å²) in [5.41, 5.74) is 0.979. The number of ketones is 2. The normalized spacial score (nSPS) is 49.0. The van der Waals surface area contributed by atoms with Gasteiger partial charge in [0.15, 0.2) is 11.6 Å². The third kappa shape index (κ3) is 2.33. The highest BCUT2D eigenvalue weighted by Gasteiger charge is 2.62. The van der Waals surface area contributed by atoms with Crippen molar-refractivity contribution in [1.82, 2.24) is 0 Å². The Hall–Kier alpha value is -1.00. The minimum Gasteiger partial charge on any atom is -0.393 e. The van der Waals surface area contributed by atoms with Crippen molar-refractivity contribution >= 4 is 11.6 Å². The first-order valence-corrected chi connectivity index (χ1v) is 9.87. The van der Waals surface area contributed by atoms with Gasteiger partial charge in [-0.25, -0.2) is 0 Å². The molecule has 138 valence electrons. The zero-order chi connectivity index (χ0) is 18.0. The highest BCUT2D eigenvalue weighted by atomic mass is 16.3. The van der Waals surface area contributed by atoms with Crippen molar-refractivity contribution < 1.29 is 19.8 Å². The van der Waals surface area contributed by atoms with Crippen LogP contribution in [-0.4, -0.2) is 34.5 Å². The molecule has 0 aromatic heterocycles. The van der Waals surface area contributed by atoms with E-state index in [4.69, 9.17) is 0 Å². The predicted octanol–water partition coefficient (Wildman–Crippen LogP) is 2.67. The minimum atomic E-state index is -0.430. The van der Waals surface area contributed by atoms with Crippen LogP contribution in [0, 0.1) is 34.5 Å². The molecule has 2 N–H and O–H groups in total. The van der Waals surface area contributed by atoms with E-state index in [1.165, 1.54) is 5.57 Å². The van der Waals surface area contributed by atoms with Crippen LogP contribution in [0.25, 0.3) is 0 Å². The fourth-order valence-corrected chi connectivity index (χ4v) is 7.33. The molecule has 4 aliphatic carbocycles. The zero-order valence-corrected chi connectivity index (χ0v) is 15.3. The topological polar surface area (TPSA) is 74.6 Å². The number of carbonyl (C=O) groups is 2. The van der Waals surface area contributed by atoms with Gasteiger partial charge in [-0.05, 0) is 73.2 Å². The quantitative estimate of drug-likeness (QED) is 0.806. The monoisotopic (exact) mass is 346 g/mol. The Morgan fingerprint density at radius 2 is 2.00 bits per heavy atom. The van der Waals surface area contributed by atoms with Gasteiger partial charge in [-0.1, -0.05) is 19.4 Å². The third-order valence-corrected chi connectivity index (χ3v) is 8.44. The van der Waals surface area contributed by atoms with Gasteiger partial charge in [-0.2, -0.15) is 0 Å². The Morgan fingerprint density at radius 1 is 1.24 bits per heavy atom. The van der Waals surface area contributed by atoms with Gasteiger partial charge in [0.25, 0.3) is 0 Å². The highest BCUT2D eigenvalue weighted by molar-refractivity contribution is 5.91. The highest BCUT2D eigenvalue weighted by Crippen LogP contribution is 2.66. The van der Waals surface area contributed by atoms with Crippen molar-refractivity contribution in [3.63, 3.8) is 0 Å². The van der Waals surface area contributed by atoms with Gasteiger partial charge in [-0.3, -0.25) is 9.59 Å². The maximum absolute atomic E-state index is 12.3. The van der Waals surface area contributed by atoms with Gasteiger partial charge in [0.05, 0.1) is 6.10 Å². The van der Waals surface area contributed by atoms with E-state index in [0.717, 1.165) is 32.1 Å². The summed E-state index contributed by atoms with van der Waals surface area (Å²) < 4.78 is 0. The smallest absolute Gasteiger partial charge is 0.161 e. The number of aliphatic hydroxyl groups excluding tert-OH is 2. The number of carbonyl (C=O) groups excluding carboxylic acids is 2. The lowest BCUT2D eigenvalue weighted by Crippen LogP contribution is -2.57. The molecule has 0 aliphatic heterocycles. The van der Waals surface area contributed by atoms with Crippen LogP contribution < -0.4 is 0 Å². The fraction of sp³-hybridized carbons (Fsp3) is 0.810. The van der Waals surface area contributed by atoms with Crippen LogP contribution >= 0.6 is 0 Å². The molecule has 0 saturated heterocycles. The van der Waals surface area contributed by atoms with E-state index in [9.17, 15) is 19.8 Å². The average molecular weight is 346 g/mol. The van der Waals surface area contributed by atoms with E-state index in [0.29, 0.717) is 24.7 Å². The van der Waals surface area contributed by atoms with Gasteiger partial charge < -0.3 is 10.2 Å². The summed E-state index contributed by atoms with van der Waals surface area (Å²) >= 11 is 0. The van der Waals surface area contributed by atoms with Crippen molar-refractivity contribution in [2.75, 3.05) is 6.61 Å².